The Labute approximate surface area is 190 Å². The highest BCUT2D eigenvalue weighted by atomic mass is 32.1. The van der Waals surface area contributed by atoms with Gasteiger partial charge in [0.05, 0.1) is 11.4 Å². The summed E-state index contributed by atoms with van der Waals surface area (Å²) in [5, 5.41) is 10.4. The van der Waals surface area contributed by atoms with Gasteiger partial charge in [-0.15, -0.1) is 5.10 Å². The third kappa shape index (κ3) is 4.50. The summed E-state index contributed by atoms with van der Waals surface area (Å²) in [4.78, 5) is 33.3. The van der Waals surface area contributed by atoms with E-state index in [1.807, 2.05) is 63.2 Å². The number of hydrogen-bond donors (Lipinski definition) is 1. The van der Waals surface area contributed by atoms with Crippen LogP contribution >= 0.6 is 11.5 Å². The number of anilines is 1. The highest BCUT2D eigenvalue weighted by Gasteiger charge is 2.37. The van der Waals surface area contributed by atoms with Crippen LogP contribution in [0.15, 0.2) is 72.2 Å². The molecule has 4 aromatic rings. The van der Waals surface area contributed by atoms with Crippen LogP contribution in [0.3, 0.4) is 0 Å². The van der Waals surface area contributed by atoms with Crippen molar-refractivity contribution in [3.05, 3.63) is 83.6 Å². The Morgan fingerprint density at radius 3 is 2.44 bits per heavy atom. The Bertz CT molecular complexity index is 1230. The third-order valence-corrected chi connectivity index (χ3v) is 5.30. The summed E-state index contributed by atoms with van der Waals surface area (Å²) in [6.07, 6.45) is 1.61. The molecule has 0 radical (unpaired) electrons. The van der Waals surface area contributed by atoms with Gasteiger partial charge in [0.2, 0.25) is 5.91 Å². The van der Waals surface area contributed by atoms with Crippen molar-refractivity contribution in [3.63, 3.8) is 0 Å². The van der Waals surface area contributed by atoms with Gasteiger partial charge in [-0.1, -0.05) is 47.0 Å². The molecule has 0 aliphatic heterocycles. The molecule has 2 aromatic carbocycles. The molecule has 1 unspecified atom stereocenters. The van der Waals surface area contributed by atoms with Crippen LogP contribution in [0.1, 0.15) is 43.0 Å². The standard InChI is InChI=1S/C24H23N5O2S/c1-24(2,3)26-22(30)21(18-12-6-7-14-25-18)29(23(31)19-15-32-28-27-19)20-13-8-10-16-9-4-5-11-17(16)20/h4-15,21H,1-3H3,(H,26,30). The molecule has 8 heteroatoms. The topological polar surface area (TPSA) is 88.1 Å². The van der Waals surface area contributed by atoms with Crippen molar-refractivity contribution in [2.75, 3.05) is 4.90 Å². The van der Waals surface area contributed by atoms with Gasteiger partial charge in [0.15, 0.2) is 11.7 Å². The lowest BCUT2D eigenvalue weighted by atomic mass is 10.0. The molecule has 0 bridgehead atoms. The van der Waals surface area contributed by atoms with Crippen LogP contribution in [0.4, 0.5) is 5.69 Å². The maximum atomic E-state index is 13.8. The zero-order valence-corrected chi connectivity index (χ0v) is 18.8. The molecule has 0 saturated carbocycles. The van der Waals surface area contributed by atoms with Gasteiger partial charge in [-0.3, -0.25) is 19.5 Å². The van der Waals surface area contributed by atoms with Gasteiger partial charge in [-0.2, -0.15) is 0 Å². The number of benzene rings is 2. The number of carbonyl (C=O) groups excluding carboxylic acids is 2. The van der Waals surface area contributed by atoms with Crippen molar-refractivity contribution < 1.29 is 9.59 Å². The van der Waals surface area contributed by atoms with E-state index >= 15 is 0 Å². The van der Waals surface area contributed by atoms with Crippen molar-refractivity contribution in [1.82, 2.24) is 19.9 Å². The molecule has 162 valence electrons. The van der Waals surface area contributed by atoms with Gasteiger partial charge in [-0.25, -0.2) is 0 Å². The number of carbonyl (C=O) groups is 2. The third-order valence-electron chi connectivity index (χ3n) is 4.80. The van der Waals surface area contributed by atoms with E-state index in [0.717, 1.165) is 22.3 Å². The fourth-order valence-electron chi connectivity index (χ4n) is 3.52. The van der Waals surface area contributed by atoms with Crippen molar-refractivity contribution in [2.45, 2.75) is 32.4 Å². The first-order valence-electron chi connectivity index (χ1n) is 10.2. The predicted molar refractivity (Wildman–Crippen MR) is 126 cm³/mol. The molecule has 0 aliphatic carbocycles. The van der Waals surface area contributed by atoms with Gasteiger partial charge in [0.25, 0.3) is 5.91 Å². The minimum atomic E-state index is -1.00. The normalized spacial score (nSPS) is 12.3. The molecule has 32 heavy (non-hydrogen) atoms. The van der Waals surface area contributed by atoms with Crippen LogP contribution in [0.25, 0.3) is 10.8 Å². The lowest BCUT2D eigenvalue weighted by Gasteiger charge is -2.33. The summed E-state index contributed by atoms with van der Waals surface area (Å²) >= 11 is 1.09. The van der Waals surface area contributed by atoms with Crippen LogP contribution in [-0.4, -0.2) is 31.9 Å². The van der Waals surface area contributed by atoms with Crippen LogP contribution in [0.2, 0.25) is 0 Å². The smallest absolute Gasteiger partial charge is 0.280 e. The van der Waals surface area contributed by atoms with Crippen LogP contribution in [0.5, 0.6) is 0 Å². The lowest BCUT2D eigenvalue weighted by Crippen LogP contribution is -2.50. The lowest BCUT2D eigenvalue weighted by molar-refractivity contribution is -0.124. The largest absolute Gasteiger partial charge is 0.349 e. The number of fused-ring (bicyclic) bond motifs is 1. The molecule has 0 fully saturated rings. The summed E-state index contributed by atoms with van der Waals surface area (Å²) in [5.41, 5.74) is 0.728. The Balaban J connectivity index is 1.95. The maximum Gasteiger partial charge on any atom is 0.280 e. The van der Waals surface area contributed by atoms with E-state index in [1.54, 1.807) is 29.8 Å². The quantitative estimate of drug-likeness (QED) is 0.492. The van der Waals surface area contributed by atoms with E-state index in [2.05, 4.69) is 19.9 Å². The number of pyridine rings is 1. The molecule has 0 spiro atoms. The molecule has 2 amide bonds. The maximum absolute atomic E-state index is 13.8. The Morgan fingerprint density at radius 1 is 1.00 bits per heavy atom. The van der Waals surface area contributed by atoms with Crippen molar-refractivity contribution in [1.29, 1.82) is 0 Å². The van der Waals surface area contributed by atoms with Gasteiger partial charge < -0.3 is 5.32 Å². The van der Waals surface area contributed by atoms with Gasteiger partial charge in [0.1, 0.15) is 0 Å². The average molecular weight is 446 g/mol. The molecule has 0 aliphatic rings. The van der Waals surface area contributed by atoms with Gasteiger partial charge in [0, 0.05) is 22.5 Å². The molecular weight excluding hydrogens is 422 g/mol. The Kier molecular flexibility index (Phi) is 5.96. The minimum absolute atomic E-state index is 0.174. The predicted octanol–water partition coefficient (Wildman–Crippen LogP) is 4.39. The summed E-state index contributed by atoms with van der Waals surface area (Å²) in [6.45, 7) is 5.69. The van der Waals surface area contributed by atoms with Crippen LogP contribution < -0.4 is 10.2 Å². The van der Waals surface area contributed by atoms with Crippen molar-refractivity contribution in [3.8, 4) is 0 Å². The summed E-state index contributed by atoms with van der Waals surface area (Å²) in [7, 11) is 0. The first-order chi connectivity index (χ1) is 15.3. The molecule has 1 N–H and O–H groups in total. The molecule has 1 atom stereocenters. The number of nitrogens with zero attached hydrogens (tertiary/aromatic N) is 4. The first-order valence-corrected chi connectivity index (χ1v) is 11.0. The number of amides is 2. The summed E-state index contributed by atoms with van der Waals surface area (Å²) < 4.78 is 3.85. The van der Waals surface area contributed by atoms with E-state index in [0.29, 0.717) is 11.4 Å². The number of hydrogen-bond acceptors (Lipinski definition) is 6. The van der Waals surface area contributed by atoms with E-state index in [-0.39, 0.29) is 11.6 Å². The van der Waals surface area contributed by atoms with Gasteiger partial charge >= 0.3 is 0 Å². The SMILES string of the molecule is CC(C)(C)NC(=O)C(c1ccccn1)N(C(=O)c1csnn1)c1cccc2ccccc12. The highest BCUT2D eigenvalue weighted by Crippen LogP contribution is 2.34. The van der Waals surface area contributed by atoms with Crippen molar-refractivity contribution >= 4 is 39.8 Å². The second-order valence-electron chi connectivity index (χ2n) is 8.36. The monoisotopic (exact) mass is 445 g/mol. The summed E-state index contributed by atoms with van der Waals surface area (Å²) in [6, 6.07) is 17.7. The fourth-order valence-corrected chi connectivity index (χ4v) is 3.95. The average Bonchev–Trinajstić information content (AvgIpc) is 3.31. The van der Waals surface area contributed by atoms with Crippen LogP contribution in [-0.2, 0) is 4.79 Å². The zero-order valence-electron chi connectivity index (χ0n) is 18.0. The van der Waals surface area contributed by atoms with E-state index < -0.39 is 17.5 Å². The molecule has 0 saturated heterocycles. The van der Waals surface area contributed by atoms with E-state index in [9.17, 15) is 9.59 Å². The Hall–Kier alpha value is -3.65. The highest BCUT2D eigenvalue weighted by molar-refractivity contribution is 7.03. The van der Waals surface area contributed by atoms with Crippen molar-refractivity contribution in [2.24, 2.45) is 0 Å². The van der Waals surface area contributed by atoms with E-state index in [4.69, 9.17) is 0 Å². The zero-order chi connectivity index (χ0) is 22.7. The second kappa shape index (κ2) is 8.84. The molecule has 4 rings (SSSR count). The van der Waals surface area contributed by atoms with Gasteiger partial charge in [-0.05, 0) is 55.9 Å². The van der Waals surface area contributed by atoms with Crippen LogP contribution in [0, 0.1) is 0 Å². The molecule has 7 nitrogen and oxygen atoms in total. The molecular formula is C24H23N5O2S. The Morgan fingerprint density at radius 2 is 1.75 bits per heavy atom. The summed E-state index contributed by atoms with van der Waals surface area (Å²) in [5.74, 6) is -0.754. The second-order valence-corrected chi connectivity index (χ2v) is 8.97. The fraction of sp³-hybridized carbons (Fsp3) is 0.208. The molecule has 2 aromatic heterocycles. The number of nitrogens with one attached hydrogen (secondary N) is 1. The first kappa shape index (κ1) is 21.6. The van der Waals surface area contributed by atoms with E-state index in [1.165, 1.54) is 4.90 Å². The molecule has 2 heterocycles. The number of aromatic nitrogens is 3. The minimum Gasteiger partial charge on any atom is -0.349 e. The number of rotatable bonds is 5.